The normalized spacial score (nSPS) is 10.9. The molecule has 1 aromatic heterocycles. The van der Waals surface area contributed by atoms with Gasteiger partial charge in [-0.2, -0.15) is 0 Å². The second-order valence-electron chi connectivity index (χ2n) is 6.63. The number of thiazole rings is 1. The zero-order valence-corrected chi connectivity index (χ0v) is 17.3. The summed E-state index contributed by atoms with van der Waals surface area (Å²) in [6.07, 6.45) is 0. The molecule has 0 saturated carbocycles. The van der Waals surface area contributed by atoms with E-state index in [1.54, 1.807) is 31.6 Å². The van der Waals surface area contributed by atoms with Gasteiger partial charge in [0, 0.05) is 28.6 Å². The Morgan fingerprint density at radius 2 is 1.86 bits per heavy atom. The van der Waals surface area contributed by atoms with Crippen molar-refractivity contribution in [2.75, 3.05) is 19.5 Å². The summed E-state index contributed by atoms with van der Waals surface area (Å²) in [5.74, 6) is 1.74. The van der Waals surface area contributed by atoms with Crippen molar-refractivity contribution in [3.63, 3.8) is 0 Å². The van der Waals surface area contributed by atoms with Gasteiger partial charge < -0.3 is 19.9 Å². The number of rotatable bonds is 6. The number of nitrogens with zero attached hydrogens (tertiary/aromatic N) is 1. The van der Waals surface area contributed by atoms with Gasteiger partial charge in [0.25, 0.3) is 0 Å². The number of fused-ring (bicyclic) bond motifs is 1. The van der Waals surface area contributed by atoms with Crippen molar-refractivity contribution in [3.05, 3.63) is 65.0 Å². The van der Waals surface area contributed by atoms with E-state index in [1.165, 1.54) is 0 Å². The summed E-state index contributed by atoms with van der Waals surface area (Å²) in [6, 6.07) is 17.4. The maximum Gasteiger partial charge on any atom is 0.183 e. The zero-order valence-electron chi connectivity index (χ0n) is 16.5. The van der Waals surface area contributed by atoms with Gasteiger partial charge in [-0.3, -0.25) is 0 Å². The quantitative estimate of drug-likeness (QED) is 0.436. The molecule has 0 aliphatic carbocycles. The van der Waals surface area contributed by atoms with Crippen LogP contribution >= 0.6 is 11.3 Å². The summed E-state index contributed by atoms with van der Waals surface area (Å²) in [4.78, 5) is 5.86. The first-order valence-corrected chi connectivity index (χ1v) is 10.1. The number of aromatic nitrogens is 1. The molecule has 148 valence electrons. The number of phenols is 1. The molecule has 4 rings (SSSR count). The van der Waals surface area contributed by atoms with Gasteiger partial charge in [-0.05, 0) is 35.9 Å². The minimum atomic E-state index is 0.279. The molecule has 0 aliphatic heterocycles. The number of methoxy groups -OCH3 is 2. The van der Waals surface area contributed by atoms with Crippen LogP contribution in [0.4, 0.5) is 5.13 Å². The molecule has 0 saturated heterocycles. The van der Waals surface area contributed by atoms with Gasteiger partial charge in [-0.15, -0.1) is 11.3 Å². The van der Waals surface area contributed by atoms with E-state index in [4.69, 9.17) is 14.5 Å². The van der Waals surface area contributed by atoms with Gasteiger partial charge >= 0.3 is 0 Å². The minimum Gasteiger partial charge on any atom is -0.508 e. The second kappa shape index (κ2) is 8.01. The number of anilines is 1. The van der Waals surface area contributed by atoms with Crippen LogP contribution < -0.4 is 14.8 Å². The minimum absolute atomic E-state index is 0.279. The van der Waals surface area contributed by atoms with Crippen LogP contribution in [-0.2, 0) is 6.54 Å². The fourth-order valence-corrected chi connectivity index (χ4v) is 4.21. The lowest BCUT2D eigenvalue weighted by molar-refractivity contribution is 0.395. The number of aryl methyl sites for hydroxylation is 1. The first kappa shape index (κ1) is 19.1. The Hall–Kier alpha value is -3.25. The van der Waals surface area contributed by atoms with Crippen LogP contribution in [0.15, 0.2) is 54.6 Å². The van der Waals surface area contributed by atoms with Crippen molar-refractivity contribution >= 4 is 27.2 Å². The molecular weight excluding hydrogens is 384 g/mol. The fraction of sp³-hybridized carbons (Fsp3) is 0.174. The van der Waals surface area contributed by atoms with Gasteiger partial charge in [0.1, 0.15) is 17.2 Å². The van der Waals surface area contributed by atoms with E-state index in [2.05, 4.69) is 5.32 Å². The molecule has 0 amide bonds. The fourth-order valence-electron chi connectivity index (χ4n) is 3.39. The highest BCUT2D eigenvalue weighted by Gasteiger charge is 2.16. The zero-order chi connectivity index (χ0) is 20.4. The molecule has 0 atom stereocenters. The lowest BCUT2D eigenvalue weighted by atomic mass is 10.0. The van der Waals surface area contributed by atoms with Crippen LogP contribution in [0, 0.1) is 6.92 Å². The number of nitrogens with one attached hydrogen (secondary N) is 1. The highest BCUT2D eigenvalue weighted by molar-refractivity contribution is 7.16. The summed E-state index contributed by atoms with van der Waals surface area (Å²) in [5, 5.41) is 16.6. The van der Waals surface area contributed by atoms with Crippen LogP contribution in [0.1, 0.15) is 10.4 Å². The van der Waals surface area contributed by atoms with Crippen molar-refractivity contribution in [3.8, 4) is 28.5 Å². The van der Waals surface area contributed by atoms with E-state index in [0.29, 0.717) is 6.54 Å². The molecule has 0 aliphatic rings. The number of ether oxygens (including phenoxy) is 2. The summed E-state index contributed by atoms with van der Waals surface area (Å²) in [7, 11) is 3.27. The van der Waals surface area contributed by atoms with Gasteiger partial charge in [-0.25, -0.2) is 4.98 Å². The van der Waals surface area contributed by atoms with Crippen molar-refractivity contribution in [2.24, 2.45) is 0 Å². The van der Waals surface area contributed by atoms with E-state index in [1.807, 2.05) is 55.5 Å². The van der Waals surface area contributed by atoms with E-state index in [0.717, 1.165) is 49.1 Å². The molecule has 4 aromatic rings. The summed E-state index contributed by atoms with van der Waals surface area (Å²) >= 11 is 1.58. The highest BCUT2D eigenvalue weighted by atomic mass is 32.1. The van der Waals surface area contributed by atoms with Crippen LogP contribution in [-0.4, -0.2) is 24.3 Å². The molecule has 2 N–H and O–H groups in total. The van der Waals surface area contributed by atoms with E-state index in [-0.39, 0.29) is 5.75 Å². The molecule has 5 nitrogen and oxygen atoms in total. The smallest absolute Gasteiger partial charge is 0.183 e. The highest BCUT2D eigenvalue weighted by Crippen LogP contribution is 2.38. The standard InChI is InChI=1S/C23H22N2O3S/c1-14-22(18-10-9-16(27-2)12-21(18)28-3)25-23(29-14)24-13-19-17-7-5-4-6-15(17)8-11-20(19)26/h4-12,26H,13H2,1-3H3,(H,24,25). The predicted molar refractivity (Wildman–Crippen MR) is 118 cm³/mol. The molecular formula is C23H22N2O3S. The average Bonchev–Trinajstić information content (AvgIpc) is 3.12. The molecule has 0 bridgehead atoms. The van der Waals surface area contributed by atoms with Gasteiger partial charge in [-0.1, -0.05) is 30.3 Å². The monoisotopic (exact) mass is 406 g/mol. The lowest BCUT2D eigenvalue weighted by Gasteiger charge is -2.10. The molecule has 0 spiro atoms. The Morgan fingerprint density at radius 3 is 2.66 bits per heavy atom. The molecule has 3 aromatic carbocycles. The Bertz CT molecular complexity index is 1170. The topological polar surface area (TPSA) is 63.6 Å². The van der Waals surface area contributed by atoms with Gasteiger partial charge in [0.15, 0.2) is 5.13 Å². The molecule has 0 fully saturated rings. The van der Waals surface area contributed by atoms with Crippen molar-refractivity contribution < 1.29 is 14.6 Å². The summed E-state index contributed by atoms with van der Waals surface area (Å²) < 4.78 is 10.8. The largest absolute Gasteiger partial charge is 0.508 e. The average molecular weight is 407 g/mol. The van der Waals surface area contributed by atoms with Crippen molar-refractivity contribution in [1.29, 1.82) is 0 Å². The maximum absolute atomic E-state index is 10.4. The third kappa shape index (κ3) is 3.71. The number of phenolic OH excluding ortho intramolecular Hbond substituents is 1. The Balaban J connectivity index is 1.63. The Labute approximate surface area is 173 Å². The molecule has 0 unspecified atom stereocenters. The lowest BCUT2D eigenvalue weighted by Crippen LogP contribution is -2.00. The van der Waals surface area contributed by atoms with E-state index < -0.39 is 0 Å². The van der Waals surface area contributed by atoms with Crippen LogP contribution in [0.2, 0.25) is 0 Å². The molecule has 1 heterocycles. The van der Waals surface area contributed by atoms with Crippen molar-refractivity contribution in [2.45, 2.75) is 13.5 Å². The van der Waals surface area contributed by atoms with Gasteiger partial charge in [0.05, 0.1) is 19.9 Å². The predicted octanol–water partition coefficient (Wildman–Crippen LogP) is 5.61. The third-order valence-corrected chi connectivity index (χ3v) is 5.82. The van der Waals surface area contributed by atoms with Crippen LogP contribution in [0.3, 0.4) is 0 Å². The number of benzene rings is 3. The number of aromatic hydroxyl groups is 1. The van der Waals surface area contributed by atoms with Crippen molar-refractivity contribution in [1.82, 2.24) is 4.98 Å². The third-order valence-electron chi connectivity index (χ3n) is 4.89. The summed E-state index contributed by atoms with van der Waals surface area (Å²) in [6.45, 7) is 2.52. The second-order valence-corrected chi connectivity index (χ2v) is 7.83. The molecule has 29 heavy (non-hydrogen) atoms. The van der Waals surface area contributed by atoms with Crippen LogP contribution in [0.25, 0.3) is 22.0 Å². The van der Waals surface area contributed by atoms with E-state index >= 15 is 0 Å². The maximum atomic E-state index is 10.4. The molecule has 0 radical (unpaired) electrons. The van der Waals surface area contributed by atoms with E-state index in [9.17, 15) is 5.11 Å². The Morgan fingerprint density at radius 1 is 1.03 bits per heavy atom. The SMILES string of the molecule is COc1ccc(-c2nc(NCc3c(O)ccc4ccccc34)sc2C)c(OC)c1. The number of hydrogen-bond donors (Lipinski definition) is 2. The Kier molecular flexibility index (Phi) is 5.27. The number of hydrogen-bond acceptors (Lipinski definition) is 6. The summed E-state index contributed by atoms with van der Waals surface area (Å²) in [5.41, 5.74) is 2.65. The van der Waals surface area contributed by atoms with Crippen LogP contribution in [0.5, 0.6) is 17.2 Å². The molecule has 6 heteroatoms. The van der Waals surface area contributed by atoms with Gasteiger partial charge in [0.2, 0.25) is 0 Å². The first-order chi connectivity index (χ1) is 14.1. The first-order valence-electron chi connectivity index (χ1n) is 9.24.